The molecule has 130 valence electrons. The predicted octanol–water partition coefficient (Wildman–Crippen LogP) is 3.65. The zero-order chi connectivity index (χ0) is 17.3. The van der Waals surface area contributed by atoms with Crippen molar-refractivity contribution in [1.82, 2.24) is 0 Å². The van der Waals surface area contributed by atoms with Gasteiger partial charge in [-0.05, 0) is 62.7 Å². The van der Waals surface area contributed by atoms with Crippen LogP contribution < -0.4 is 0 Å². The molecule has 0 aliphatic heterocycles. The molecule has 2 fully saturated rings. The first-order valence-corrected chi connectivity index (χ1v) is 8.88. The highest BCUT2D eigenvalue weighted by atomic mass is 16.3. The summed E-state index contributed by atoms with van der Waals surface area (Å²) in [6.07, 6.45) is 7.85. The van der Waals surface area contributed by atoms with Crippen molar-refractivity contribution in [1.29, 1.82) is 0 Å². The van der Waals surface area contributed by atoms with Gasteiger partial charge in [0.05, 0.1) is 18.1 Å². The van der Waals surface area contributed by atoms with Crippen LogP contribution in [0.25, 0.3) is 0 Å². The Balaban J connectivity index is 2.26. The smallest absolute Gasteiger partial charge is 0.128 e. The van der Waals surface area contributed by atoms with E-state index in [4.69, 9.17) is 5.11 Å². The molecule has 0 aromatic rings. The SMILES string of the molecule is C=C1CC[C@H]2[C@@](C)(C=O)[C@H](O)CC[C@]2(C)[C@H]1CC/C(C)=C/CO. The van der Waals surface area contributed by atoms with E-state index < -0.39 is 11.5 Å². The summed E-state index contributed by atoms with van der Waals surface area (Å²) < 4.78 is 0. The first kappa shape index (κ1) is 18.4. The van der Waals surface area contributed by atoms with E-state index in [1.807, 2.05) is 13.0 Å². The number of rotatable bonds is 5. The minimum absolute atomic E-state index is 0.0315. The van der Waals surface area contributed by atoms with E-state index in [0.717, 1.165) is 38.4 Å². The molecule has 3 heteroatoms. The van der Waals surface area contributed by atoms with Gasteiger partial charge in [-0.3, -0.25) is 0 Å². The van der Waals surface area contributed by atoms with E-state index in [0.29, 0.717) is 12.3 Å². The molecule has 5 atom stereocenters. The summed E-state index contributed by atoms with van der Waals surface area (Å²) in [5.41, 5.74) is 1.90. The zero-order valence-corrected chi connectivity index (χ0v) is 14.8. The fraction of sp³-hybridized carbons (Fsp3) is 0.750. The number of aldehydes is 1. The molecule has 0 radical (unpaired) electrons. The molecule has 0 aromatic carbocycles. The summed E-state index contributed by atoms with van der Waals surface area (Å²) in [7, 11) is 0. The van der Waals surface area contributed by atoms with Crippen LogP contribution in [0.15, 0.2) is 23.8 Å². The van der Waals surface area contributed by atoms with Crippen LogP contribution in [0.2, 0.25) is 0 Å². The Hall–Kier alpha value is -0.930. The van der Waals surface area contributed by atoms with Gasteiger partial charge in [-0.25, -0.2) is 0 Å². The van der Waals surface area contributed by atoms with Crippen LogP contribution in [0, 0.1) is 22.7 Å². The fourth-order valence-electron chi connectivity index (χ4n) is 5.23. The molecular formula is C20H32O3. The van der Waals surface area contributed by atoms with Gasteiger partial charge in [-0.1, -0.05) is 37.6 Å². The Morgan fingerprint density at radius 2 is 2.09 bits per heavy atom. The van der Waals surface area contributed by atoms with Crippen LogP contribution in [0.3, 0.4) is 0 Å². The van der Waals surface area contributed by atoms with Crippen molar-refractivity contribution in [2.45, 2.75) is 65.4 Å². The lowest BCUT2D eigenvalue weighted by Crippen LogP contribution is -2.56. The molecule has 0 aromatic heterocycles. The third kappa shape index (κ3) is 3.18. The molecule has 2 rings (SSSR count). The number of aliphatic hydroxyl groups is 2. The number of aliphatic hydroxyl groups excluding tert-OH is 2. The molecule has 0 saturated heterocycles. The van der Waals surface area contributed by atoms with Crippen molar-refractivity contribution in [3.05, 3.63) is 23.8 Å². The molecule has 0 unspecified atom stereocenters. The molecule has 0 spiro atoms. The Morgan fingerprint density at radius 1 is 1.39 bits per heavy atom. The van der Waals surface area contributed by atoms with E-state index in [2.05, 4.69) is 20.4 Å². The normalized spacial score (nSPS) is 41.5. The first-order chi connectivity index (χ1) is 10.8. The van der Waals surface area contributed by atoms with Gasteiger partial charge >= 0.3 is 0 Å². The molecule has 0 bridgehead atoms. The predicted molar refractivity (Wildman–Crippen MR) is 92.9 cm³/mol. The standard InChI is InChI=1S/C20H32O3/c1-14(10-12-21)5-7-16-15(2)6-8-17-19(16,3)11-9-18(23)20(17,4)13-22/h10,13,16-18,21,23H,2,5-9,11-12H2,1,3-4H3/b14-10+/t16-,17+,18+,19+,20+/m0/s1. The van der Waals surface area contributed by atoms with Crippen LogP contribution in [-0.4, -0.2) is 29.2 Å². The largest absolute Gasteiger partial charge is 0.392 e. The molecular weight excluding hydrogens is 288 g/mol. The van der Waals surface area contributed by atoms with Gasteiger partial charge in [-0.2, -0.15) is 0 Å². The summed E-state index contributed by atoms with van der Waals surface area (Å²) in [4.78, 5) is 11.8. The monoisotopic (exact) mass is 320 g/mol. The molecule has 2 N–H and O–H groups in total. The average molecular weight is 320 g/mol. The van der Waals surface area contributed by atoms with E-state index in [-0.39, 0.29) is 17.9 Å². The molecule has 23 heavy (non-hydrogen) atoms. The summed E-state index contributed by atoms with van der Waals surface area (Å²) in [5, 5.41) is 19.5. The Labute approximate surface area is 140 Å². The van der Waals surface area contributed by atoms with Gasteiger partial charge in [0.15, 0.2) is 0 Å². The highest BCUT2D eigenvalue weighted by Crippen LogP contribution is 2.61. The second kappa shape index (κ2) is 6.90. The number of fused-ring (bicyclic) bond motifs is 1. The lowest BCUT2D eigenvalue weighted by Gasteiger charge is -2.58. The summed E-state index contributed by atoms with van der Waals surface area (Å²) >= 11 is 0. The summed E-state index contributed by atoms with van der Waals surface area (Å²) in [6.45, 7) is 10.7. The molecule has 0 heterocycles. The zero-order valence-electron chi connectivity index (χ0n) is 14.8. The maximum Gasteiger partial charge on any atom is 0.128 e. The first-order valence-electron chi connectivity index (χ1n) is 8.88. The van der Waals surface area contributed by atoms with Gasteiger partial charge < -0.3 is 15.0 Å². The molecule has 3 nitrogen and oxygen atoms in total. The number of carbonyl (C=O) groups is 1. The van der Waals surface area contributed by atoms with Crippen molar-refractivity contribution in [3.63, 3.8) is 0 Å². The lowest BCUT2D eigenvalue weighted by atomic mass is 9.46. The minimum atomic E-state index is -0.637. The molecule has 2 aliphatic rings. The number of hydrogen-bond donors (Lipinski definition) is 2. The van der Waals surface area contributed by atoms with Crippen LogP contribution in [0.5, 0.6) is 0 Å². The van der Waals surface area contributed by atoms with Gasteiger partial charge in [-0.15, -0.1) is 0 Å². The van der Waals surface area contributed by atoms with Gasteiger partial charge in [0.2, 0.25) is 0 Å². The number of hydrogen-bond acceptors (Lipinski definition) is 3. The molecule has 2 saturated carbocycles. The second-order valence-electron chi connectivity index (χ2n) is 8.12. The van der Waals surface area contributed by atoms with Crippen molar-refractivity contribution in [2.75, 3.05) is 6.61 Å². The topological polar surface area (TPSA) is 57.5 Å². The van der Waals surface area contributed by atoms with Crippen molar-refractivity contribution >= 4 is 6.29 Å². The van der Waals surface area contributed by atoms with E-state index in [9.17, 15) is 9.90 Å². The van der Waals surface area contributed by atoms with E-state index in [1.54, 1.807) is 0 Å². The van der Waals surface area contributed by atoms with Crippen LogP contribution in [-0.2, 0) is 4.79 Å². The van der Waals surface area contributed by atoms with Gasteiger partial charge in [0, 0.05) is 0 Å². The minimum Gasteiger partial charge on any atom is -0.392 e. The lowest BCUT2D eigenvalue weighted by molar-refractivity contribution is -0.152. The number of allylic oxidation sites excluding steroid dienone is 2. The van der Waals surface area contributed by atoms with Crippen LogP contribution >= 0.6 is 0 Å². The van der Waals surface area contributed by atoms with Gasteiger partial charge in [0.25, 0.3) is 0 Å². The van der Waals surface area contributed by atoms with Crippen LogP contribution in [0.1, 0.15) is 59.3 Å². The third-order valence-electron chi connectivity index (χ3n) is 6.79. The fourth-order valence-corrected chi connectivity index (χ4v) is 5.23. The second-order valence-corrected chi connectivity index (χ2v) is 8.12. The highest BCUT2D eigenvalue weighted by Gasteiger charge is 2.57. The van der Waals surface area contributed by atoms with Crippen molar-refractivity contribution in [3.8, 4) is 0 Å². The Kier molecular flexibility index (Phi) is 5.52. The molecule has 0 amide bonds. The Morgan fingerprint density at radius 3 is 2.70 bits per heavy atom. The van der Waals surface area contributed by atoms with E-state index >= 15 is 0 Å². The Bertz CT molecular complexity index is 495. The van der Waals surface area contributed by atoms with Crippen molar-refractivity contribution in [2.24, 2.45) is 22.7 Å². The van der Waals surface area contributed by atoms with Crippen molar-refractivity contribution < 1.29 is 15.0 Å². The molecule has 2 aliphatic carbocycles. The van der Waals surface area contributed by atoms with Gasteiger partial charge in [0.1, 0.15) is 6.29 Å². The van der Waals surface area contributed by atoms with E-state index in [1.165, 1.54) is 11.1 Å². The maximum absolute atomic E-state index is 11.8. The summed E-state index contributed by atoms with van der Waals surface area (Å²) in [5.74, 6) is 0.601. The maximum atomic E-state index is 11.8. The average Bonchev–Trinajstić information content (AvgIpc) is 2.51. The van der Waals surface area contributed by atoms with Crippen LogP contribution in [0.4, 0.5) is 0 Å². The third-order valence-corrected chi connectivity index (χ3v) is 6.79. The summed E-state index contributed by atoms with van der Waals surface area (Å²) in [6, 6.07) is 0. The highest BCUT2D eigenvalue weighted by molar-refractivity contribution is 5.61. The quantitative estimate of drug-likeness (QED) is 0.600. The number of carbonyl (C=O) groups excluding carboxylic acids is 1.